The van der Waals surface area contributed by atoms with E-state index in [1.165, 1.54) is 5.56 Å². The average Bonchev–Trinajstić information content (AvgIpc) is 2.92. The Balaban J connectivity index is 2.21. The molecule has 0 spiro atoms. The van der Waals surface area contributed by atoms with Gasteiger partial charge in [-0.2, -0.15) is 0 Å². The number of aliphatic hydroxyl groups is 1. The predicted molar refractivity (Wildman–Crippen MR) is 87.2 cm³/mol. The second-order valence-corrected chi connectivity index (χ2v) is 5.69. The highest BCUT2D eigenvalue weighted by atomic mass is 35.5. The molecule has 3 aromatic rings. The summed E-state index contributed by atoms with van der Waals surface area (Å²) in [5.74, 6) is 0. The number of benzene rings is 2. The van der Waals surface area contributed by atoms with Gasteiger partial charge in [0.1, 0.15) is 11.4 Å². The van der Waals surface area contributed by atoms with Crippen LogP contribution in [0.3, 0.4) is 0 Å². The summed E-state index contributed by atoms with van der Waals surface area (Å²) in [6, 6.07) is 13.6. The highest BCUT2D eigenvalue weighted by Crippen LogP contribution is 2.28. The van der Waals surface area contributed by atoms with Gasteiger partial charge >= 0.3 is 0 Å². The minimum atomic E-state index is -0.164. The van der Waals surface area contributed by atoms with Crippen LogP contribution in [0.4, 0.5) is 0 Å². The van der Waals surface area contributed by atoms with Gasteiger partial charge in [-0.25, -0.2) is 4.68 Å². The van der Waals surface area contributed by atoms with Crippen molar-refractivity contribution < 1.29 is 5.11 Å². The molecule has 0 aliphatic carbocycles. The number of rotatable bonds is 3. The lowest BCUT2D eigenvalue weighted by Gasteiger charge is -2.11. The Kier molecular flexibility index (Phi) is 3.96. The van der Waals surface area contributed by atoms with E-state index in [1.54, 1.807) is 4.68 Å². The zero-order valence-electron chi connectivity index (χ0n) is 12.4. The Labute approximate surface area is 134 Å². The zero-order valence-corrected chi connectivity index (χ0v) is 13.2. The lowest BCUT2D eigenvalue weighted by Crippen LogP contribution is -2.02. The largest absolute Gasteiger partial charge is 0.390 e. The summed E-state index contributed by atoms with van der Waals surface area (Å²) >= 11 is 5.96. The van der Waals surface area contributed by atoms with E-state index >= 15 is 0 Å². The lowest BCUT2D eigenvalue weighted by molar-refractivity contribution is 0.277. The van der Waals surface area contributed by atoms with Crippen LogP contribution in [0.25, 0.3) is 16.9 Å². The molecule has 1 N–H and O–H groups in total. The Bertz CT molecular complexity index is 809. The van der Waals surface area contributed by atoms with E-state index in [0.717, 1.165) is 22.5 Å². The topological polar surface area (TPSA) is 50.9 Å². The van der Waals surface area contributed by atoms with Crippen molar-refractivity contribution in [1.82, 2.24) is 15.0 Å². The first kappa shape index (κ1) is 14.8. The second kappa shape index (κ2) is 5.91. The van der Waals surface area contributed by atoms with E-state index in [9.17, 15) is 5.11 Å². The summed E-state index contributed by atoms with van der Waals surface area (Å²) in [5.41, 5.74) is 5.48. The fourth-order valence-corrected chi connectivity index (χ4v) is 2.65. The molecule has 0 amide bonds. The Morgan fingerprint density at radius 1 is 1.09 bits per heavy atom. The van der Waals surface area contributed by atoms with Crippen molar-refractivity contribution in [1.29, 1.82) is 0 Å². The molecule has 0 bridgehead atoms. The third-order valence-electron chi connectivity index (χ3n) is 3.59. The standard InChI is InChI=1S/C17H16ClN3O/c1-11-3-8-16(12(2)9-11)21-17(15(10-22)19-20-21)13-4-6-14(18)7-5-13/h3-9,22H,10H2,1-2H3. The summed E-state index contributed by atoms with van der Waals surface area (Å²) in [6.07, 6.45) is 0. The first-order valence-corrected chi connectivity index (χ1v) is 7.37. The van der Waals surface area contributed by atoms with Crippen molar-refractivity contribution >= 4 is 11.6 Å². The fraction of sp³-hybridized carbons (Fsp3) is 0.176. The Morgan fingerprint density at radius 2 is 1.82 bits per heavy atom. The lowest BCUT2D eigenvalue weighted by atomic mass is 10.1. The molecule has 0 atom stereocenters. The predicted octanol–water partition coefficient (Wildman–Crippen LogP) is 3.70. The number of aromatic nitrogens is 3. The molecule has 0 unspecified atom stereocenters. The Morgan fingerprint density at radius 3 is 2.45 bits per heavy atom. The summed E-state index contributed by atoms with van der Waals surface area (Å²) in [6.45, 7) is 3.93. The number of aliphatic hydroxyl groups excluding tert-OH is 1. The Hall–Kier alpha value is -2.17. The quantitative estimate of drug-likeness (QED) is 0.802. The number of hydrogen-bond acceptors (Lipinski definition) is 3. The fourth-order valence-electron chi connectivity index (χ4n) is 2.53. The van der Waals surface area contributed by atoms with Crippen molar-refractivity contribution in [2.75, 3.05) is 0 Å². The summed E-state index contributed by atoms with van der Waals surface area (Å²) < 4.78 is 1.77. The van der Waals surface area contributed by atoms with Gasteiger partial charge in [0.2, 0.25) is 0 Å². The van der Waals surface area contributed by atoms with Crippen LogP contribution >= 0.6 is 11.6 Å². The monoisotopic (exact) mass is 313 g/mol. The molecule has 5 heteroatoms. The van der Waals surface area contributed by atoms with Gasteiger partial charge < -0.3 is 5.11 Å². The summed E-state index contributed by atoms with van der Waals surface area (Å²) in [7, 11) is 0. The molecule has 112 valence electrons. The van der Waals surface area contributed by atoms with E-state index in [0.29, 0.717) is 10.7 Å². The first-order valence-electron chi connectivity index (χ1n) is 6.99. The van der Waals surface area contributed by atoms with E-state index < -0.39 is 0 Å². The second-order valence-electron chi connectivity index (χ2n) is 5.25. The van der Waals surface area contributed by atoms with Gasteiger partial charge in [0, 0.05) is 10.6 Å². The van der Waals surface area contributed by atoms with Crippen molar-refractivity contribution in [2.24, 2.45) is 0 Å². The molecule has 22 heavy (non-hydrogen) atoms. The zero-order chi connectivity index (χ0) is 15.7. The van der Waals surface area contributed by atoms with Crippen LogP contribution in [-0.4, -0.2) is 20.1 Å². The van der Waals surface area contributed by atoms with Crippen molar-refractivity contribution in [3.05, 3.63) is 64.3 Å². The molecule has 3 rings (SSSR count). The summed E-state index contributed by atoms with van der Waals surface area (Å²) in [5, 5.41) is 18.6. The normalized spacial score (nSPS) is 10.9. The minimum Gasteiger partial charge on any atom is -0.390 e. The van der Waals surface area contributed by atoms with Crippen LogP contribution in [0, 0.1) is 13.8 Å². The highest BCUT2D eigenvalue weighted by molar-refractivity contribution is 6.30. The smallest absolute Gasteiger partial charge is 0.117 e. The SMILES string of the molecule is Cc1ccc(-n2nnc(CO)c2-c2ccc(Cl)cc2)c(C)c1. The maximum Gasteiger partial charge on any atom is 0.117 e. The number of halogens is 1. The molecule has 4 nitrogen and oxygen atoms in total. The van der Waals surface area contributed by atoms with Crippen molar-refractivity contribution in [3.63, 3.8) is 0 Å². The molecule has 1 aromatic heterocycles. The molecule has 2 aromatic carbocycles. The molecule has 0 fully saturated rings. The van der Waals surface area contributed by atoms with Crippen molar-refractivity contribution in [3.8, 4) is 16.9 Å². The number of nitrogens with zero attached hydrogens (tertiary/aromatic N) is 3. The van der Waals surface area contributed by atoms with Gasteiger partial charge in [-0.3, -0.25) is 0 Å². The molecular formula is C17H16ClN3O. The molecule has 0 saturated carbocycles. The molecule has 0 radical (unpaired) electrons. The van der Waals surface area contributed by atoms with Crippen LogP contribution in [0.2, 0.25) is 5.02 Å². The minimum absolute atomic E-state index is 0.164. The van der Waals surface area contributed by atoms with Gasteiger partial charge in [0.15, 0.2) is 0 Å². The maximum atomic E-state index is 9.57. The first-order chi connectivity index (χ1) is 10.6. The van der Waals surface area contributed by atoms with Gasteiger partial charge in [0.05, 0.1) is 12.3 Å². The number of aryl methyl sites for hydroxylation is 2. The van der Waals surface area contributed by atoms with Gasteiger partial charge in [-0.1, -0.05) is 46.6 Å². The van der Waals surface area contributed by atoms with Gasteiger partial charge in [-0.05, 0) is 37.6 Å². The van der Waals surface area contributed by atoms with Crippen LogP contribution in [0.1, 0.15) is 16.8 Å². The van der Waals surface area contributed by atoms with Crippen molar-refractivity contribution in [2.45, 2.75) is 20.5 Å². The molecule has 1 heterocycles. The molecule has 0 aliphatic rings. The average molecular weight is 314 g/mol. The molecule has 0 aliphatic heterocycles. The van der Waals surface area contributed by atoms with Gasteiger partial charge in [-0.15, -0.1) is 5.10 Å². The van der Waals surface area contributed by atoms with Crippen LogP contribution in [-0.2, 0) is 6.61 Å². The van der Waals surface area contributed by atoms with E-state index in [-0.39, 0.29) is 6.61 Å². The van der Waals surface area contributed by atoms with E-state index in [4.69, 9.17) is 11.6 Å². The van der Waals surface area contributed by atoms with Crippen LogP contribution in [0.5, 0.6) is 0 Å². The molecular weight excluding hydrogens is 298 g/mol. The maximum absolute atomic E-state index is 9.57. The van der Waals surface area contributed by atoms with E-state index in [2.05, 4.69) is 23.3 Å². The number of hydrogen-bond donors (Lipinski definition) is 1. The third kappa shape index (κ3) is 2.63. The highest BCUT2D eigenvalue weighted by Gasteiger charge is 2.16. The summed E-state index contributed by atoms with van der Waals surface area (Å²) in [4.78, 5) is 0. The molecule has 0 saturated heterocycles. The van der Waals surface area contributed by atoms with Crippen LogP contribution < -0.4 is 0 Å². The van der Waals surface area contributed by atoms with Gasteiger partial charge in [0.25, 0.3) is 0 Å². The van der Waals surface area contributed by atoms with Crippen LogP contribution in [0.15, 0.2) is 42.5 Å². The van der Waals surface area contributed by atoms with E-state index in [1.807, 2.05) is 43.3 Å². The third-order valence-corrected chi connectivity index (χ3v) is 3.84.